The van der Waals surface area contributed by atoms with Crippen LogP contribution in [0.25, 0.3) is 0 Å². The first-order valence-electron chi connectivity index (χ1n) is 11.8. The maximum Gasteiger partial charge on any atom is 0.334 e. The number of ether oxygens (including phenoxy) is 1. The molecule has 1 saturated heterocycles. The first-order valence-corrected chi connectivity index (χ1v) is 11.8. The number of amides is 3. The quantitative estimate of drug-likeness (QED) is 0.351. The molecule has 0 unspecified atom stereocenters. The van der Waals surface area contributed by atoms with Gasteiger partial charge in [0.1, 0.15) is 5.54 Å². The highest BCUT2D eigenvalue weighted by atomic mass is 16.6. The molecule has 0 aromatic heterocycles. The summed E-state index contributed by atoms with van der Waals surface area (Å²) in [4.78, 5) is 54.4. The van der Waals surface area contributed by atoms with Crippen molar-refractivity contribution in [2.75, 3.05) is 6.54 Å². The van der Waals surface area contributed by atoms with Gasteiger partial charge in [0.25, 0.3) is 17.7 Å². The van der Waals surface area contributed by atoms with Crippen molar-refractivity contribution in [3.63, 3.8) is 0 Å². The Labute approximate surface area is 205 Å². The molecule has 0 spiro atoms. The van der Waals surface area contributed by atoms with E-state index in [0.717, 1.165) is 0 Å². The number of hydrogen-bond donors (Lipinski definition) is 0. The Morgan fingerprint density at radius 2 is 1.51 bits per heavy atom. The minimum absolute atomic E-state index is 0.237. The summed E-state index contributed by atoms with van der Waals surface area (Å²) < 4.78 is 5.73. The Balaban J connectivity index is 1.48. The lowest BCUT2D eigenvalue weighted by Gasteiger charge is -2.38. The van der Waals surface area contributed by atoms with E-state index in [4.69, 9.17) is 4.74 Å². The van der Waals surface area contributed by atoms with E-state index in [1.807, 2.05) is 39.0 Å². The van der Waals surface area contributed by atoms with Crippen molar-refractivity contribution in [2.45, 2.75) is 52.3 Å². The molecule has 0 saturated carbocycles. The van der Waals surface area contributed by atoms with Gasteiger partial charge in [-0.25, -0.2) is 4.79 Å². The molecular formula is C28H30N2O5. The second kappa shape index (κ2) is 9.13. The molecule has 2 aliphatic heterocycles. The summed E-state index contributed by atoms with van der Waals surface area (Å²) in [5, 5.41) is 0. The van der Waals surface area contributed by atoms with Crippen molar-refractivity contribution in [3.05, 3.63) is 83.4 Å². The van der Waals surface area contributed by atoms with Crippen LogP contribution in [0.1, 0.15) is 71.6 Å². The molecule has 1 fully saturated rings. The number of imide groups is 1. The zero-order valence-electron chi connectivity index (χ0n) is 20.5. The van der Waals surface area contributed by atoms with Gasteiger partial charge in [-0.2, -0.15) is 0 Å². The van der Waals surface area contributed by atoms with E-state index in [1.54, 1.807) is 60.4 Å². The van der Waals surface area contributed by atoms with Crippen LogP contribution in [0.4, 0.5) is 0 Å². The van der Waals surface area contributed by atoms with Crippen LogP contribution < -0.4 is 0 Å². The van der Waals surface area contributed by atoms with Gasteiger partial charge in [-0.3, -0.25) is 24.2 Å². The van der Waals surface area contributed by atoms with E-state index in [0.29, 0.717) is 23.1 Å². The van der Waals surface area contributed by atoms with Gasteiger partial charge in [0.15, 0.2) is 6.23 Å². The highest BCUT2D eigenvalue weighted by Gasteiger charge is 2.57. The molecule has 0 bridgehead atoms. The molecule has 4 rings (SSSR count). The van der Waals surface area contributed by atoms with Crippen molar-refractivity contribution in [2.24, 2.45) is 5.41 Å². The molecule has 2 aromatic rings. The number of carbonyl (C=O) groups is 4. The van der Waals surface area contributed by atoms with E-state index < -0.39 is 23.2 Å². The molecule has 2 aromatic carbocycles. The summed E-state index contributed by atoms with van der Waals surface area (Å²) in [6.45, 7) is 7.75. The van der Waals surface area contributed by atoms with E-state index in [9.17, 15) is 19.2 Å². The standard InChI is InChI=1S/C28H30N2O5/c1-27(2,3)25-30(22(31)19-13-7-5-8-14-19)28(4,26(34)35-25)17-11-6-12-18-29-23(32)20-15-9-10-16-21(20)24(29)33/h5-11,13-16,25H,12,17-18H2,1-4H3/b11-6+/t25-,28+/m0/s1. The van der Waals surface area contributed by atoms with Crippen molar-refractivity contribution < 1.29 is 23.9 Å². The van der Waals surface area contributed by atoms with Crippen LogP contribution in [0.5, 0.6) is 0 Å². The Bertz CT molecular complexity index is 1160. The summed E-state index contributed by atoms with van der Waals surface area (Å²) in [6.07, 6.45) is 3.62. The Kier molecular flexibility index (Phi) is 6.36. The van der Waals surface area contributed by atoms with Crippen LogP contribution in [0.2, 0.25) is 0 Å². The van der Waals surface area contributed by atoms with Gasteiger partial charge >= 0.3 is 5.97 Å². The lowest BCUT2D eigenvalue weighted by molar-refractivity contribution is -0.148. The lowest BCUT2D eigenvalue weighted by Crippen LogP contribution is -2.54. The first kappa shape index (κ1) is 24.4. The third-order valence-electron chi connectivity index (χ3n) is 6.48. The van der Waals surface area contributed by atoms with E-state index >= 15 is 0 Å². The zero-order chi connectivity index (χ0) is 25.4. The summed E-state index contributed by atoms with van der Waals surface area (Å²) in [7, 11) is 0. The molecule has 0 radical (unpaired) electrons. The third-order valence-corrected chi connectivity index (χ3v) is 6.48. The van der Waals surface area contributed by atoms with Gasteiger partial charge in [-0.05, 0) is 44.0 Å². The molecule has 0 aliphatic carbocycles. The van der Waals surface area contributed by atoms with Crippen LogP contribution in [-0.2, 0) is 9.53 Å². The topological polar surface area (TPSA) is 84.0 Å². The molecule has 0 N–H and O–H groups in total. The van der Waals surface area contributed by atoms with Gasteiger partial charge < -0.3 is 4.74 Å². The van der Waals surface area contributed by atoms with E-state index in [1.165, 1.54) is 4.90 Å². The zero-order valence-corrected chi connectivity index (χ0v) is 20.5. The fraction of sp³-hybridized carbons (Fsp3) is 0.357. The Morgan fingerprint density at radius 1 is 0.943 bits per heavy atom. The second-order valence-electron chi connectivity index (χ2n) is 10.2. The SMILES string of the molecule is CC(C)(C)[C@@H]1OC(=O)[C@@](C)(C/C=C/CCN2C(=O)c3ccccc3C2=O)N1C(=O)c1ccccc1. The average molecular weight is 475 g/mol. The number of fused-ring (bicyclic) bond motifs is 1. The number of benzene rings is 2. The lowest BCUT2D eigenvalue weighted by atomic mass is 9.89. The number of rotatable bonds is 6. The van der Waals surface area contributed by atoms with Crippen molar-refractivity contribution >= 4 is 23.7 Å². The van der Waals surface area contributed by atoms with Crippen LogP contribution >= 0.6 is 0 Å². The first-order chi connectivity index (χ1) is 16.6. The number of carbonyl (C=O) groups excluding carboxylic acids is 4. The average Bonchev–Trinajstić information content (AvgIpc) is 3.24. The number of hydrogen-bond acceptors (Lipinski definition) is 5. The van der Waals surface area contributed by atoms with E-state index in [-0.39, 0.29) is 30.7 Å². The fourth-order valence-corrected chi connectivity index (χ4v) is 4.51. The summed E-state index contributed by atoms with van der Waals surface area (Å²) >= 11 is 0. The van der Waals surface area contributed by atoms with Gasteiger partial charge in [0.2, 0.25) is 0 Å². The largest absolute Gasteiger partial charge is 0.439 e. The maximum atomic E-state index is 13.5. The molecule has 182 valence electrons. The molecule has 2 atom stereocenters. The smallest absolute Gasteiger partial charge is 0.334 e. The van der Waals surface area contributed by atoms with Gasteiger partial charge in [0.05, 0.1) is 11.1 Å². The van der Waals surface area contributed by atoms with E-state index in [2.05, 4.69) is 0 Å². The third kappa shape index (κ3) is 4.38. The molecule has 35 heavy (non-hydrogen) atoms. The summed E-state index contributed by atoms with van der Waals surface area (Å²) in [6, 6.07) is 15.6. The molecule has 2 aliphatic rings. The Morgan fingerprint density at radius 3 is 2.09 bits per heavy atom. The molecule has 3 amide bonds. The highest BCUT2D eigenvalue weighted by Crippen LogP contribution is 2.40. The van der Waals surface area contributed by atoms with Crippen LogP contribution in [-0.4, -0.2) is 51.8 Å². The second-order valence-corrected chi connectivity index (χ2v) is 10.2. The molecule has 7 heteroatoms. The van der Waals surface area contributed by atoms with Gasteiger partial charge in [-0.15, -0.1) is 0 Å². The summed E-state index contributed by atoms with van der Waals surface area (Å²) in [5.41, 5.74) is -0.331. The predicted octanol–water partition coefficient (Wildman–Crippen LogP) is 4.45. The maximum absolute atomic E-state index is 13.5. The minimum atomic E-state index is -1.18. The van der Waals surface area contributed by atoms with Crippen molar-refractivity contribution in [3.8, 4) is 0 Å². The monoisotopic (exact) mass is 474 g/mol. The number of nitrogens with zero attached hydrogens (tertiary/aromatic N) is 2. The Hall–Kier alpha value is -3.74. The minimum Gasteiger partial charge on any atom is -0.439 e. The van der Waals surface area contributed by atoms with Gasteiger partial charge in [0, 0.05) is 17.5 Å². The van der Waals surface area contributed by atoms with Crippen molar-refractivity contribution in [1.29, 1.82) is 0 Å². The molecule has 2 heterocycles. The van der Waals surface area contributed by atoms with Crippen molar-refractivity contribution in [1.82, 2.24) is 9.80 Å². The van der Waals surface area contributed by atoms with Crippen LogP contribution in [0, 0.1) is 5.41 Å². The predicted molar refractivity (Wildman–Crippen MR) is 131 cm³/mol. The summed E-state index contributed by atoms with van der Waals surface area (Å²) in [5.74, 6) is -1.30. The van der Waals surface area contributed by atoms with Crippen LogP contribution in [0.3, 0.4) is 0 Å². The normalized spacial score (nSPS) is 22.2. The van der Waals surface area contributed by atoms with Crippen LogP contribution in [0.15, 0.2) is 66.7 Å². The fourth-order valence-electron chi connectivity index (χ4n) is 4.51. The number of esters is 1. The molecule has 7 nitrogen and oxygen atoms in total. The highest BCUT2D eigenvalue weighted by molar-refractivity contribution is 6.21. The molecular weight excluding hydrogens is 444 g/mol. The van der Waals surface area contributed by atoms with Gasteiger partial charge in [-0.1, -0.05) is 63.3 Å². The number of cyclic esters (lactones) is 1.